The summed E-state index contributed by atoms with van der Waals surface area (Å²) in [6.45, 7) is -0.390. The molecule has 0 amide bonds. The molecule has 0 aliphatic heterocycles. The summed E-state index contributed by atoms with van der Waals surface area (Å²) in [7, 11) is 0. The fourth-order valence-electron chi connectivity index (χ4n) is 1.19. The molecule has 0 saturated carbocycles. The highest BCUT2D eigenvalue weighted by Crippen LogP contribution is 2.33. The van der Waals surface area contributed by atoms with Crippen molar-refractivity contribution in [3.8, 4) is 0 Å². The van der Waals surface area contributed by atoms with Crippen LogP contribution in [-0.2, 0) is 6.61 Å². The zero-order valence-corrected chi connectivity index (χ0v) is 8.49. The Morgan fingerprint density at radius 3 is 3.00 bits per heavy atom. The monoisotopic (exact) mass is 232 g/mol. The molecular weight excluding hydrogens is 227 g/mol. The molecule has 0 radical (unpaired) electrons. The van der Waals surface area contributed by atoms with Crippen molar-refractivity contribution in [1.82, 2.24) is 4.98 Å². The Kier molecular flexibility index (Phi) is 2.30. The number of aromatic nitrogens is 1. The van der Waals surface area contributed by atoms with Gasteiger partial charge in [0, 0.05) is 5.56 Å². The van der Waals surface area contributed by atoms with Gasteiger partial charge in [0.2, 0.25) is 0 Å². The molecule has 0 unspecified atom stereocenters. The van der Waals surface area contributed by atoms with Gasteiger partial charge in [-0.05, 0) is 6.07 Å². The average Bonchev–Trinajstić information content (AvgIpc) is 2.52. The predicted octanol–water partition coefficient (Wildman–Crippen LogP) is 2.16. The van der Waals surface area contributed by atoms with E-state index in [9.17, 15) is 4.39 Å². The second-order valence-electron chi connectivity index (χ2n) is 2.72. The molecule has 0 aliphatic carbocycles. The maximum absolute atomic E-state index is 13.4. The van der Waals surface area contributed by atoms with Gasteiger partial charge in [-0.15, -0.1) is 0 Å². The van der Waals surface area contributed by atoms with Crippen LogP contribution in [0.5, 0.6) is 0 Å². The Balaban J connectivity index is 2.84. The zero-order valence-electron chi connectivity index (χ0n) is 6.92. The van der Waals surface area contributed by atoms with E-state index in [0.717, 1.165) is 0 Å². The standard InChI is InChI=1S/C8H6ClFN2OS/c9-5-6(10)3(2-13)1-4-7(5)12-8(11)14-4/h1,13H,2H2,(H2,11,12). The molecular formula is C8H6ClFN2OS. The number of nitrogens with zero attached hydrogens (tertiary/aromatic N) is 1. The average molecular weight is 233 g/mol. The number of nitrogen functional groups attached to an aromatic ring is 1. The number of rotatable bonds is 1. The summed E-state index contributed by atoms with van der Waals surface area (Å²) in [6, 6.07) is 1.50. The molecule has 0 spiro atoms. The van der Waals surface area contributed by atoms with E-state index in [0.29, 0.717) is 15.3 Å². The number of halogens is 2. The highest BCUT2D eigenvalue weighted by atomic mass is 35.5. The smallest absolute Gasteiger partial charge is 0.181 e. The van der Waals surface area contributed by atoms with Crippen molar-refractivity contribution in [3.05, 3.63) is 22.5 Å². The Hall–Kier alpha value is -0.910. The van der Waals surface area contributed by atoms with Gasteiger partial charge in [0.1, 0.15) is 16.4 Å². The molecule has 1 aromatic heterocycles. The lowest BCUT2D eigenvalue weighted by atomic mass is 10.2. The Bertz CT molecular complexity index is 500. The lowest BCUT2D eigenvalue weighted by Crippen LogP contribution is -1.91. The number of aliphatic hydroxyl groups is 1. The summed E-state index contributed by atoms with van der Waals surface area (Å²) in [5.74, 6) is -0.632. The quantitative estimate of drug-likeness (QED) is 0.792. The summed E-state index contributed by atoms with van der Waals surface area (Å²) in [4.78, 5) is 3.89. The molecule has 2 aromatic rings. The molecule has 14 heavy (non-hydrogen) atoms. The highest BCUT2D eigenvalue weighted by molar-refractivity contribution is 7.22. The van der Waals surface area contributed by atoms with E-state index >= 15 is 0 Å². The van der Waals surface area contributed by atoms with Crippen molar-refractivity contribution in [1.29, 1.82) is 0 Å². The molecule has 1 heterocycles. The second-order valence-corrected chi connectivity index (χ2v) is 4.16. The predicted molar refractivity (Wildman–Crippen MR) is 54.9 cm³/mol. The van der Waals surface area contributed by atoms with E-state index in [1.54, 1.807) is 0 Å². The fraction of sp³-hybridized carbons (Fsp3) is 0.125. The second kappa shape index (κ2) is 3.34. The molecule has 74 valence electrons. The van der Waals surface area contributed by atoms with Crippen molar-refractivity contribution in [3.63, 3.8) is 0 Å². The first-order valence-electron chi connectivity index (χ1n) is 3.77. The molecule has 3 nitrogen and oxygen atoms in total. The van der Waals surface area contributed by atoms with Crippen LogP contribution in [0.1, 0.15) is 5.56 Å². The van der Waals surface area contributed by atoms with Gasteiger partial charge in [0.05, 0.1) is 11.3 Å². The minimum atomic E-state index is -0.632. The van der Waals surface area contributed by atoms with Crippen LogP contribution in [-0.4, -0.2) is 10.1 Å². The zero-order chi connectivity index (χ0) is 10.3. The summed E-state index contributed by atoms with van der Waals surface area (Å²) in [6.07, 6.45) is 0. The first kappa shape index (κ1) is 9.64. The van der Waals surface area contributed by atoms with E-state index in [1.165, 1.54) is 17.4 Å². The minimum absolute atomic E-state index is 0.0838. The third-order valence-corrected chi connectivity index (χ3v) is 3.00. The summed E-state index contributed by atoms with van der Waals surface area (Å²) in [5, 5.41) is 9.11. The van der Waals surface area contributed by atoms with E-state index in [1.807, 2.05) is 0 Å². The third kappa shape index (κ3) is 1.33. The molecule has 2 rings (SSSR count). The Morgan fingerprint density at radius 1 is 1.64 bits per heavy atom. The summed E-state index contributed by atoms with van der Waals surface area (Å²) in [5.41, 5.74) is 5.97. The molecule has 0 bridgehead atoms. The SMILES string of the molecule is Nc1nc2c(Cl)c(F)c(CO)cc2s1. The van der Waals surface area contributed by atoms with Crippen molar-refractivity contribution in [2.24, 2.45) is 0 Å². The maximum atomic E-state index is 13.4. The van der Waals surface area contributed by atoms with Crippen LogP contribution in [0.15, 0.2) is 6.07 Å². The van der Waals surface area contributed by atoms with Crippen LogP contribution in [0.3, 0.4) is 0 Å². The van der Waals surface area contributed by atoms with Crippen LogP contribution < -0.4 is 5.73 Å². The number of aliphatic hydroxyl groups excluding tert-OH is 1. The highest BCUT2D eigenvalue weighted by Gasteiger charge is 2.14. The largest absolute Gasteiger partial charge is 0.392 e. The molecule has 0 fully saturated rings. The molecule has 6 heteroatoms. The lowest BCUT2D eigenvalue weighted by Gasteiger charge is -2.00. The van der Waals surface area contributed by atoms with E-state index in [2.05, 4.69) is 4.98 Å². The van der Waals surface area contributed by atoms with E-state index in [4.69, 9.17) is 22.4 Å². The number of fused-ring (bicyclic) bond motifs is 1. The molecule has 0 atom stereocenters. The van der Waals surface area contributed by atoms with Gasteiger partial charge in [-0.2, -0.15) is 0 Å². The molecule has 1 aromatic carbocycles. The van der Waals surface area contributed by atoms with Gasteiger partial charge >= 0.3 is 0 Å². The van der Waals surface area contributed by atoms with Crippen LogP contribution in [0.25, 0.3) is 10.2 Å². The van der Waals surface area contributed by atoms with E-state index in [-0.39, 0.29) is 17.2 Å². The number of benzene rings is 1. The Labute approximate surface area is 87.9 Å². The lowest BCUT2D eigenvalue weighted by molar-refractivity contribution is 0.276. The number of hydrogen-bond acceptors (Lipinski definition) is 4. The first-order chi connectivity index (χ1) is 6.63. The van der Waals surface area contributed by atoms with Crippen molar-refractivity contribution < 1.29 is 9.50 Å². The number of nitrogens with two attached hydrogens (primary N) is 1. The fourth-order valence-corrected chi connectivity index (χ4v) is 2.32. The van der Waals surface area contributed by atoms with Crippen molar-refractivity contribution >= 4 is 38.3 Å². The maximum Gasteiger partial charge on any atom is 0.181 e. The van der Waals surface area contributed by atoms with Crippen molar-refractivity contribution in [2.45, 2.75) is 6.61 Å². The van der Waals surface area contributed by atoms with Crippen LogP contribution in [0, 0.1) is 5.82 Å². The van der Waals surface area contributed by atoms with Gasteiger partial charge < -0.3 is 10.8 Å². The van der Waals surface area contributed by atoms with Gasteiger partial charge in [-0.1, -0.05) is 22.9 Å². The van der Waals surface area contributed by atoms with Gasteiger partial charge in [-0.25, -0.2) is 9.37 Å². The van der Waals surface area contributed by atoms with Gasteiger partial charge in [0.25, 0.3) is 0 Å². The molecule has 0 aliphatic rings. The first-order valence-corrected chi connectivity index (χ1v) is 4.96. The topological polar surface area (TPSA) is 59.1 Å². The molecule has 0 saturated heterocycles. The number of anilines is 1. The summed E-state index contributed by atoms with van der Waals surface area (Å²) >= 11 is 6.93. The van der Waals surface area contributed by atoms with Gasteiger partial charge in [0.15, 0.2) is 5.13 Å². The van der Waals surface area contributed by atoms with Gasteiger partial charge in [-0.3, -0.25) is 0 Å². The van der Waals surface area contributed by atoms with Crippen LogP contribution >= 0.6 is 22.9 Å². The Morgan fingerprint density at radius 2 is 2.36 bits per heavy atom. The minimum Gasteiger partial charge on any atom is -0.392 e. The normalized spacial score (nSPS) is 11.1. The number of thiazole rings is 1. The summed E-state index contributed by atoms with van der Waals surface area (Å²) < 4.78 is 14.1. The van der Waals surface area contributed by atoms with Crippen molar-refractivity contribution in [2.75, 3.05) is 5.73 Å². The third-order valence-electron chi connectivity index (χ3n) is 1.83. The molecule has 3 N–H and O–H groups in total. The van der Waals surface area contributed by atoms with Crippen LogP contribution in [0.2, 0.25) is 5.02 Å². The van der Waals surface area contributed by atoms with E-state index < -0.39 is 5.82 Å². The van der Waals surface area contributed by atoms with Crippen LogP contribution in [0.4, 0.5) is 9.52 Å². The number of hydrogen-bond donors (Lipinski definition) is 2.